The third-order valence-corrected chi connectivity index (χ3v) is 6.18. The smallest absolute Gasteiger partial charge is 0.234 e. The topological polar surface area (TPSA) is 58.4 Å². The summed E-state index contributed by atoms with van der Waals surface area (Å²) in [6.45, 7) is 6.44. The van der Waals surface area contributed by atoms with E-state index in [-0.39, 0.29) is 29.2 Å². The molecule has 26 heavy (non-hydrogen) atoms. The van der Waals surface area contributed by atoms with Gasteiger partial charge in [-0.05, 0) is 48.3 Å². The number of likely N-dealkylation sites (tertiary alicyclic amines) is 1. The lowest BCUT2D eigenvalue weighted by Crippen LogP contribution is -2.54. The third kappa shape index (κ3) is 4.63. The number of carbonyl (C=O) groups is 1. The number of carbonyl (C=O) groups excluding carboxylic acids is 1. The van der Waals surface area contributed by atoms with Crippen LogP contribution < -0.4 is 11.1 Å². The number of nitrogens with two attached hydrogens (primary N) is 1. The molecule has 144 valence electrons. The molecule has 1 amide bonds. The molecule has 1 heterocycles. The van der Waals surface area contributed by atoms with Crippen molar-refractivity contribution in [3.63, 3.8) is 0 Å². The molecule has 2 fully saturated rings. The first kappa shape index (κ1) is 19.3. The van der Waals surface area contributed by atoms with E-state index >= 15 is 0 Å². The van der Waals surface area contributed by atoms with E-state index in [1.165, 1.54) is 25.0 Å². The fourth-order valence-electron chi connectivity index (χ4n) is 4.48. The number of nitrogens with one attached hydrogen (secondary N) is 1. The van der Waals surface area contributed by atoms with E-state index in [1.54, 1.807) is 0 Å². The minimum Gasteiger partial charge on any atom is -0.348 e. The minimum atomic E-state index is -0.239. The maximum Gasteiger partial charge on any atom is 0.234 e. The van der Waals surface area contributed by atoms with E-state index in [9.17, 15) is 9.18 Å². The number of halogens is 1. The molecule has 3 N–H and O–H groups in total. The molecule has 1 aromatic carbocycles. The van der Waals surface area contributed by atoms with E-state index in [0.29, 0.717) is 12.5 Å². The van der Waals surface area contributed by atoms with Crippen LogP contribution in [0.4, 0.5) is 4.39 Å². The summed E-state index contributed by atoms with van der Waals surface area (Å²) >= 11 is 0. The molecule has 3 rings (SSSR count). The molecule has 2 aliphatic rings. The fourth-order valence-corrected chi connectivity index (χ4v) is 4.48. The van der Waals surface area contributed by atoms with Crippen LogP contribution in [-0.2, 0) is 4.79 Å². The average Bonchev–Trinajstić information content (AvgIpc) is 3.11. The number of benzene rings is 1. The van der Waals surface area contributed by atoms with Crippen LogP contribution in [0.3, 0.4) is 0 Å². The second kappa shape index (κ2) is 8.05. The standard InChI is InChI=1S/C21H32FN3O/c1-21(2)14-25(12-11-18(21)23)13-19(26)24-20(15-5-3-4-6-15)16-7-9-17(22)10-8-16/h7-10,15,18,20H,3-6,11-14,23H2,1-2H3,(H,24,26). The maximum absolute atomic E-state index is 13.3. The summed E-state index contributed by atoms with van der Waals surface area (Å²) < 4.78 is 13.3. The van der Waals surface area contributed by atoms with Crippen molar-refractivity contribution in [2.75, 3.05) is 19.6 Å². The molecule has 1 saturated carbocycles. The van der Waals surface area contributed by atoms with Crippen LogP contribution in [0.15, 0.2) is 24.3 Å². The van der Waals surface area contributed by atoms with Crippen LogP contribution in [0.1, 0.15) is 57.6 Å². The van der Waals surface area contributed by atoms with Gasteiger partial charge in [0, 0.05) is 19.1 Å². The van der Waals surface area contributed by atoms with Gasteiger partial charge in [-0.3, -0.25) is 9.69 Å². The number of amides is 1. The molecule has 1 aliphatic carbocycles. The molecule has 1 aliphatic heterocycles. The van der Waals surface area contributed by atoms with Gasteiger partial charge in [0.1, 0.15) is 5.82 Å². The Morgan fingerprint density at radius 1 is 1.27 bits per heavy atom. The van der Waals surface area contributed by atoms with Gasteiger partial charge in [0.2, 0.25) is 5.91 Å². The molecule has 2 unspecified atom stereocenters. The third-order valence-electron chi connectivity index (χ3n) is 6.18. The molecule has 0 aromatic heterocycles. The molecule has 5 heteroatoms. The van der Waals surface area contributed by atoms with Gasteiger partial charge in [-0.15, -0.1) is 0 Å². The molecular weight excluding hydrogens is 329 g/mol. The fraction of sp³-hybridized carbons (Fsp3) is 0.667. The Hall–Kier alpha value is -1.46. The van der Waals surface area contributed by atoms with Crippen molar-refractivity contribution < 1.29 is 9.18 Å². The number of piperidine rings is 1. The maximum atomic E-state index is 13.3. The normalized spacial score (nSPS) is 25.2. The zero-order valence-electron chi connectivity index (χ0n) is 16.0. The molecular formula is C21H32FN3O. The molecule has 0 spiro atoms. The minimum absolute atomic E-state index is 0.0225. The van der Waals surface area contributed by atoms with Crippen molar-refractivity contribution in [3.8, 4) is 0 Å². The van der Waals surface area contributed by atoms with Crippen LogP contribution in [0, 0.1) is 17.2 Å². The van der Waals surface area contributed by atoms with Crippen LogP contribution in [0.5, 0.6) is 0 Å². The van der Waals surface area contributed by atoms with Crippen molar-refractivity contribution in [2.24, 2.45) is 17.1 Å². The van der Waals surface area contributed by atoms with E-state index in [0.717, 1.165) is 37.9 Å². The highest BCUT2D eigenvalue weighted by molar-refractivity contribution is 5.78. The first-order chi connectivity index (χ1) is 12.3. The molecule has 0 bridgehead atoms. The summed E-state index contributed by atoms with van der Waals surface area (Å²) in [7, 11) is 0. The predicted octanol–water partition coefficient (Wildman–Crippen LogP) is 3.23. The number of rotatable bonds is 5. The van der Waals surface area contributed by atoms with Gasteiger partial charge >= 0.3 is 0 Å². The molecule has 4 nitrogen and oxygen atoms in total. The molecule has 0 radical (unpaired) electrons. The highest BCUT2D eigenvalue weighted by atomic mass is 19.1. The lowest BCUT2D eigenvalue weighted by molar-refractivity contribution is -0.124. The van der Waals surface area contributed by atoms with E-state index < -0.39 is 0 Å². The van der Waals surface area contributed by atoms with Crippen LogP contribution >= 0.6 is 0 Å². The quantitative estimate of drug-likeness (QED) is 0.846. The number of hydrogen-bond donors (Lipinski definition) is 2. The summed E-state index contributed by atoms with van der Waals surface area (Å²) in [6.07, 6.45) is 5.57. The summed E-state index contributed by atoms with van der Waals surface area (Å²) in [5.74, 6) is 0.255. The van der Waals surface area contributed by atoms with Crippen molar-refractivity contribution in [3.05, 3.63) is 35.6 Å². The highest BCUT2D eigenvalue weighted by Gasteiger charge is 2.34. The second-order valence-corrected chi connectivity index (χ2v) is 8.74. The number of hydrogen-bond acceptors (Lipinski definition) is 3. The first-order valence-electron chi connectivity index (χ1n) is 9.88. The summed E-state index contributed by atoms with van der Waals surface area (Å²) in [5.41, 5.74) is 7.23. The molecule has 2 atom stereocenters. The number of nitrogens with zero attached hydrogens (tertiary/aromatic N) is 1. The van der Waals surface area contributed by atoms with Gasteiger partial charge in [0.15, 0.2) is 0 Å². The summed E-state index contributed by atoms with van der Waals surface area (Å²) in [4.78, 5) is 15.0. The van der Waals surface area contributed by atoms with Gasteiger partial charge in [-0.2, -0.15) is 0 Å². The van der Waals surface area contributed by atoms with E-state index in [4.69, 9.17) is 5.73 Å². The van der Waals surface area contributed by atoms with Crippen LogP contribution in [0.2, 0.25) is 0 Å². The largest absolute Gasteiger partial charge is 0.348 e. The Bertz CT molecular complexity index is 610. The Morgan fingerprint density at radius 3 is 2.54 bits per heavy atom. The Kier molecular flexibility index (Phi) is 5.98. The zero-order valence-corrected chi connectivity index (χ0v) is 16.0. The monoisotopic (exact) mass is 361 g/mol. The lowest BCUT2D eigenvalue weighted by atomic mass is 9.80. The van der Waals surface area contributed by atoms with Gasteiger partial charge < -0.3 is 11.1 Å². The van der Waals surface area contributed by atoms with E-state index in [1.807, 2.05) is 12.1 Å². The van der Waals surface area contributed by atoms with Crippen molar-refractivity contribution in [1.29, 1.82) is 0 Å². The van der Waals surface area contributed by atoms with Gasteiger partial charge in [-0.1, -0.05) is 38.8 Å². The van der Waals surface area contributed by atoms with Crippen LogP contribution in [0.25, 0.3) is 0 Å². The summed E-state index contributed by atoms with van der Waals surface area (Å²) in [5, 5.41) is 3.25. The molecule has 1 aromatic rings. The van der Waals surface area contributed by atoms with Crippen molar-refractivity contribution >= 4 is 5.91 Å². The zero-order chi connectivity index (χ0) is 18.7. The van der Waals surface area contributed by atoms with Crippen molar-refractivity contribution in [2.45, 2.75) is 58.0 Å². The van der Waals surface area contributed by atoms with Crippen LogP contribution in [-0.4, -0.2) is 36.5 Å². The molecule has 1 saturated heterocycles. The Balaban J connectivity index is 1.64. The predicted molar refractivity (Wildman–Crippen MR) is 102 cm³/mol. The van der Waals surface area contributed by atoms with Crippen molar-refractivity contribution in [1.82, 2.24) is 10.2 Å². The average molecular weight is 362 g/mol. The Labute approximate surface area is 156 Å². The summed E-state index contributed by atoms with van der Waals surface area (Å²) in [6, 6.07) is 6.75. The first-order valence-corrected chi connectivity index (χ1v) is 9.88. The second-order valence-electron chi connectivity index (χ2n) is 8.74. The highest BCUT2D eigenvalue weighted by Crippen LogP contribution is 2.36. The Morgan fingerprint density at radius 2 is 1.92 bits per heavy atom. The lowest BCUT2D eigenvalue weighted by Gasteiger charge is -2.42. The van der Waals surface area contributed by atoms with Gasteiger partial charge in [0.05, 0.1) is 12.6 Å². The van der Waals surface area contributed by atoms with E-state index in [2.05, 4.69) is 24.1 Å². The van der Waals surface area contributed by atoms with Gasteiger partial charge in [-0.25, -0.2) is 4.39 Å². The SMILES string of the molecule is CC1(C)CN(CC(=O)NC(c2ccc(F)cc2)C2CCCC2)CCC1N. The van der Waals surface area contributed by atoms with Gasteiger partial charge in [0.25, 0.3) is 0 Å².